The summed E-state index contributed by atoms with van der Waals surface area (Å²) in [5, 5.41) is 7.79. The minimum atomic E-state index is 0.831. The molecule has 0 aliphatic carbocycles. The molecule has 1 saturated heterocycles. The third-order valence-corrected chi connectivity index (χ3v) is 4.76. The summed E-state index contributed by atoms with van der Waals surface area (Å²) in [6, 6.07) is 8.80. The summed E-state index contributed by atoms with van der Waals surface area (Å²) in [5.41, 5.74) is 3.92. The Bertz CT molecular complexity index is 727. The van der Waals surface area contributed by atoms with E-state index in [1.54, 1.807) is 0 Å². The number of guanidine groups is 1. The van der Waals surface area contributed by atoms with Crippen molar-refractivity contribution in [3.8, 4) is 0 Å². The largest absolute Gasteiger partial charge is 0.354 e. The van der Waals surface area contributed by atoms with Gasteiger partial charge in [-0.05, 0) is 25.0 Å². The Morgan fingerprint density at radius 1 is 1.15 bits per heavy atom. The fraction of sp³-hybridized carbons (Fsp3) is 0.500. The standard InChI is InChI=1S/C20H30N6/c1-17-5-4-6-19(13-17)16-24-9-11-25(12-10-24)20(21-3)22-7-8-26-15-18(2)14-23-26/h4-6,13-15H,7-12,16H2,1-3H3,(H,21,22). The van der Waals surface area contributed by atoms with E-state index in [1.807, 2.05) is 17.9 Å². The molecule has 1 aromatic carbocycles. The van der Waals surface area contributed by atoms with Crippen molar-refractivity contribution in [2.24, 2.45) is 4.99 Å². The van der Waals surface area contributed by atoms with Crippen molar-refractivity contribution in [2.45, 2.75) is 26.9 Å². The molecule has 1 aromatic heterocycles. The second-order valence-corrected chi connectivity index (χ2v) is 7.01. The number of aromatic nitrogens is 2. The summed E-state index contributed by atoms with van der Waals surface area (Å²) in [5.74, 6) is 0.990. The number of rotatable bonds is 5. The van der Waals surface area contributed by atoms with Gasteiger partial charge in [-0.1, -0.05) is 29.8 Å². The van der Waals surface area contributed by atoms with Crippen LogP contribution in [0, 0.1) is 13.8 Å². The number of aliphatic imine (C=N–C) groups is 1. The number of hydrogen-bond donors (Lipinski definition) is 1. The van der Waals surface area contributed by atoms with Crippen molar-refractivity contribution in [2.75, 3.05) is 39.8 Å². The molecule has 140 valence electrons. The first-order chi connectivity index (χ1) is 12.6. The minimum Gasteiger partial charge on any atom is -0.354 e. The van der Waals surface area contributed by atoms with Crippen molar-refractivity contribution in [3.63, 3.8) is 0 Å². The molecule has 1 aliphatic heterocycles. The molecule has 0 spiro atoms. The molecule has 1 fully saturated rings. The van der Waals surface area contributed by atoms with Gasteiger partial charge in [0, 0.05) is 52.5 Å². The van der Waals surface area contributed by atoms with Gasteiger partial charge in [-0.3, -0.25) is 14.6 Å². The van der Waals surface area contributed by atoms with Crippen molar-refractivity contribution in [1.82, 2.24) is 24.9 Å². The SMILES string of the molecule is CN=C(NCCn1cc(C)cn1)N1CCN(Cc2cccc(C)c2)CC1. The normalized spacial score (nSPS) is 16.1. The second-order valence-electron chi connectivity index (χ2n) is 7.01. The molecular weight excluding hydrogens is 324 g/mol. The third-order valence-electron chi connectivity index (χ3n) is 4.76. The van der Waals surface area contributed by atoms with Crippen molar-refractivity contribution >= 4 is 5.96 Å². The number of benzene rings is 1. The van der Waals surface area contributed by atoms with Gasteiger partial charge in [-0.15, -0.1) is 0 Å². The first-order valence-corrected chi connectivity index (χ1v) is 9.36. The van der Waals surface area contributed by atoms with Gasteiger partial charge >= 0.3 is 0 Å². The van der Waals surface area contributed by atoms with E-state index < -0.39 is 0 Å². The Morgan fingerprint density at radius 2 is 1.96 bits per heavy atom. The van der Waals surface area contributed by atoms with Crippen LogP contribution in [0.3, 0.4) is 0 Å². The van der Waals surface area contributed by atoms with Crippen LogP contribution in [0.4, 0.5) is 0 Å². The number of piperazine rings is 1. The van der Waals surface area contributed by atoms with E-state index in [4.69, 9.17) is 0 Å². The van der Waals surface area contributed by atoms with E-state index in [-0.39, 0.29) is 0 Å². The van der Waals surface area contributed by atoms with Gasteiger partial charge in [0.1, 0.15) is 0 Å². The van der Waals surface area contributed by atoms with Gasteiger partial charge in [-0.25, -0.2) is 0 Å². The molecule has 0 saturated carbocycles. The van der Waals surface area contributed by atoms with Crippen molar-refractivity contribution in [1.29, 1.82) is 0 Å². The Balaban J connectivity index is 1.43. The Labute approximate surface area is 156 Å². The summed E-state index contributed by atoms with van der Waals surface area (Å²) in [6.07, 6.45) is 3.96. The monoisotopic (exact) mass is 354 g/mol. The zero-order valence-electron chi connectivity index (χ0n) is 16.1. The lowest BCUT2D eigenvalue weighted by Gasteiger charge is -2.36. The zero-order valence-corrected chi connectivity index (χ0v) is 16.1. The minimum absolute atomic E-state index is 0.831. The van der Waals surface area contributed by atoms with E-state index >= 15 is 0 Å². The van der Waals surface area contributed by atoms with Crippen LogP contribution in [0.15, 0.2) is 41.7 Å². The average molecular weight is 355 g/mol. The smallest absolute Gasteiger partial charge is 0.193 e. The van der Waals surface area contributed by atoms with Crippen LogP contribution in [0.25, 0.3) is 0 Å². The van der Waals surface area contributed by atoms with E-state index in [9.17, 15) is 0 Å². The maximum absolute atomic E-state index is 4.45. The predicted octanol–water partition coefficient (Wildman–Crippen LogP) is 1.89. The maximum Gasteiger partial charge on any atom is 0.193 e. The molecular formula is C20H30N6. The van der Waals surface area contributed by atoms with E-state index in [0.717, 1.165) is 51.8 Å². The maximum atomic E-state index is 4.45. The highest BCUT2D eigenvalue weighted by Gasteiger charge is 2.19. The molecule has 26 heavy (non-hydrogen) atoms. The van der Waals surface area contributed by atoms with E-state index in [1.165, 1.54) is 16.7 Å². The summed E-state index contributed by atoms with van der Waals surface area (Å²) in [6.45, 7) is 11.1. The summed E-state index contributed by atoms with van der Waals surface area (Å²) < 4.78 is 1.97. The number of aryl methyl sites for hydroxylation is 2. The van der Waals surface area contributed by atoms with E-state index in [2.05, 4.69) is 69.5 Å². The molecule has 0 unspecified atom stereocenters. The summed E-state index contributed by atoms with van der Waals surface area (Å²) in [4.78, 5) is 9.32. The molecule has 2 heterocycles. The van der Waals surface area contributed by atoms with Gasteiger partial charge in [0.2, 0.25) is 0 Å². The van der Waals surface area contributed by atoms with Crippen LogP contribution in [-0.2, 0) is 13.1 Å². The second kappa shape index (κ2) is 8.85. The lowest BCUT2D eigenvalue weighted by atomic mass is 10.1. The first kappa shape index (κ1) is 18.5. The molecule has 6 nitrogen and oxygen atoms in total. The highest BCUT2D eigenvalue weighted by Crippen LogP contribution is 2.10. The lowest BCUT2D eigenvalue weighted by Crippen LogP contribution is -2.52. The zero-order chi connectivity index (χ0) is 18.4. The molecule has 3 rings (SSSR count). The fourth-order valence-electron chi connectivity index (χ4n) is 3.39. The Hall–Kier alpha value is -2.34. The highest BCUT2D eigenvalue weighted by molar-refractivity contribution is 5.79. The van der Waals surface area contributed by atoms with Gasteiger partial charge < -0.3 is 10.2 Å². The Kier molecular flexibility index (Phi) is 6.28. The van der Waals surface area contributed by atoms with Crippen LogP contribution in [0.2, 0.25) is 0 Å². The molecule has 1 aliphatic rings. The van der Waals surface area contributed by atoms with Crippen LogP contribution in [0.5, 0.6) is 0 Å². The Morgan fingerprint density at radius 3 is 2.62 bits per heavy atom. The molecule has 0 radical (unpaired) electrons. The lowest BCUT2D eigenvalue weighted by molar-refractivity contribution is 0.172. The van der Waals surface area contributed by atoms with Gasteiger partial charge in [-0.2, -0.15) is 5.10 Å². The quantitative estimate of drug-likeness (QED) is 0.658. The van der Waals surface area contributed by atoms with Crippen LogP contribution in [0.1, 0.15) is 16.7 Å². The van der Waals surface area contributed by atoms with Gasteiger partial charge in [0.05, 0.1) is 12.7 Å². The average Bonchev–Trinajstić information content (AvgIpc) is 3.05. The third kappa shape index (κ3) is 5.08. The van der Waals surface area contributed by atoms with E-state index in [0.29, 0.717) is 0 Å². The van der Waals surface area contributed by atoms with Crippen LogP contribution < -0.4 is 5.32 Å². The summed E-state index contributed by atoms with van der Waals surface area (Å²) in [7, 11) is 1.86. The van der Waals surface area contributed by atoms with Gasteiger partial charge in [0.25, 0.3) is 0 Å². The highest BCUT2D eigenvalue weighted by atomic mass is 15.4. The fourth-order valence-corrected chi connectivity index (χ4v) is 3.39. The van der Waals surface area contributed by atoms with Crippen LogP contribution >= 0.6 is 0 Å². The molecule has 0 bridgehead atoms. The van der Waals surface area contributed by atoms with Crippen LogP contribution in [-0.4, -0.2) is 65.3 Å². The molecule has 0 amide bonds. The molecule has 2 aromatic rings. The number of nitrogens with one attached hydrogen (secondary N) is 1. The first-order valence-electron chi connectivity index (χ1n) is 9.36. The topological polar surface area (TPSA) is 48.7 Å². The number of nitrogens with zero attached hydrogens (tertiary/aromatic N) is 5. The van der Waals surface area contributed by atoms with Gasteiger partial charge in [0.15, 0.2) is 5.96 Å². The van der Waals surface area contributed by atoms with Crippen molar-refractivity contribution < 1.29 is 0 Å². The number of hydrogen-bond acceptors (Lipinski definition) is 3. The molecule has 1 N–H and O–H groups in total. The predicted molar refractivity (Wildman–Crippen MR) is 106 cm³/mol. The molecule has 0 atom stereocenters. The molecule has 6 heteroatoms. The van der Waals surface area contributed by atoms with Crippen molar-refractivity contribution in [3.05, 3.63) is 53.3 Å². The summed E-state index contributed by atoms with van der Waals surface area (Å²) >= 11 is 0.